The Morgan fingerprint density at radius 1 is 1.06 bits per heavy atom. The molecular weight excluding hydrogens is 198 g/mol. The first kappa shape index (κ1) is 11.4. The van der Waals surface area contributed by atoms with E-state index >= 15 is 0 Å². The van der Waals surface area contributed by atoms with E-state index in [4.69, 9.17) is 0 Å². The minimum Gasteiger partial charge on any atom is -0.368 e. The first-order chi connectivity index (χ1) is 7.58. The fourth-order valence-corrected chi connectivity index (χ4v) is 2.10. The highest BCUT2D eigenvalue weighted by molar-refractivity contribution is 5.49. The molecule has 1 heterocycles. The summed E-state index contributed by atoms with van der Waals surface area (Å²) in [6, 6.07) is 0.430. The van der Waals surface area contributed by atoms with Gasteiger partial charge in [-0.05, 0) is 33.1 Å². The second kappa shape index (κ2) is 4.40. The molecule has 0 radical (unpaired) electrons. The summed E-state index contributed by atoms with van der Waals surface area (Å²) in [7, 11) is 0. The molecule has 0 atom stereocenters. The van der Waals surface area contributed by atoms with Crippen molar-refractivity contribution >= 4 is 5.82 Å². The summed E-state index contributed by atoms with van der Waals surface area (Å²) in [5, 5.41) is 3.45. The van der Waals surface area contributed by atoms with Gasteiger partial charge in [-0.2, -0.15) is 0 Å². The molecule has 88 valence electrons. The van der Waals surface area contributed by atoms with Crippen molar-refractivity contribution in [2.24, 2.45) is 0 Å². The maximum absolute atomic E-state index is 4.67. The molecule has 1 aromatic rings. The summed E-state index contributed by atoms with van der Waals surface area (Å²) >= 11 is 0. The van der Waals surface area contributed by atoms with E-state index < -0.39 is 0 Å². The molecule has 3 heteroatoms. The van der Waals surface area contributed by atoms with Crippen LogP contribution in [0.4, 0.5) is 5.82 Å². The van der Waals surface area contributed by atoms with Crippen LogP contribution in [0.1, 0.15) is 57.1 Å². The first-order valence-corrected chi connectivity index (χ1v) is 6.24. The molecule has 1 aliphatic rings. The van der Waals surface area contributed by atoms with Crippen LogP contribution in [-0.4, -0.2) is 16.0 Å². The molecule has 1 aromatic heterocycles. The molecule has 3 nitrogen and oxygen atoms in total. The molecule has 0 aromatic carbocycles. The molecule has 0 fully saturated rings. The summed E-state index contributed by atoms with van der Waals surface area (Å²) in [6.45, 7) is 8.60. The molecule has 0 saturated carbocycles. The number of aryl methyl sites for hydroxylation is 1. The minimum absolute atomic E-state index is 0.401. The van der Waals surface area contributed by atoms with Gasteiger partial charge in [0.25, 0.3) is 0 Å². The summed E-state index contributed by atoms with van der Waals surface area (Å²) in [4.78, 5) is 9.33. The number of hydrogen-bond donors (Lipinski definition) is 1. The maximum Gasteiger partial charge on any atom is 0.133 e. The third-order valence-electron chi connectivity index (χ3n) is 2.89. The van der Waals surface area contributed by atoms with Crippen molar-refractivity contribution in [2.45, 2.75) is 58.9 Å². The van der Waals surface area contributed by atoms with Crippen LogP contribution in [-0.2, 0) is 12.8 Å². The fourth-order valence-electron chi connectivity index (χ4n) is 2.10. The van der Waals surface area contributed by atoms with E-state index in [1.54, 1.807) is 0 Å². The third-order valence-corrected chi connectivity index (χ3v) is 2.89. The second-order valence-electron chi connectivity index (χ2n) is 5.16. The molecular formula is C13H21N3. The normalized spacial score (nSPS) is 14.6. The minimum atomic E-state index is 0.401. The summed E-state index contributed by atoms with van der Waals surface area (Å²) in [6.07, 6.45) is 3.46. The lowest BCUT2D eigenvalue weighted by molar-refractivity contribution is 0.756. The van der Waals surface area contributed by atoms with Crippen LogP contribution in [0.25, 0.3) is 0 Å². The van der Waals surface area contributed by atoms with Crippen molar-refractivity contribution in [2.75, 3.05) is 5.32 Å². The SMILES string of the molecule is CC(C)Nc1nc(C(C)C)nc2c1CCC2. The Morgan fingerprint density at radius 2 is 1.81 bits per heavy atom. The predicted molar refractivity (Wildman–Crippen MR) is 66.9 cm³/mol. The van der Waals surface area contributed by atoms with E-state index in [1.165, 1.54) is 17.7 Å². The predicted octanol–water partition coefficient (Wildman–Crippen LogP) is 2.91. The van der Waals surface area contributed by atoms with E-state index in [0.717, 1.165) is 24.5 Å². The first-order valence-electron chi connectivity index (χ1n) is 6.24. The molecule has 16 heavy (non-hydrogen) atoms. The van der Waals surface area contributed by atoms with E-state index in [1.807, 2.05) is 0 Å². The zero-order chi connectivity index (χ0) is 11.7. The van der Waals surface area contributed by atoms with Crippen molar-refractivity contribution in [1.82, 2.24) is 9.97 Å². The highest BCUT2D eigenvalue weighted by atomic mass is 15.1. The van der Waals surface area contributed by atoms with Crippen LogP contribution >= 0.6 is 0 Å². The van der Waals surface area contributed by atoms with Crippen LogP contribution < -0.4 is 5.32 Å². The number of hydrogen-bond acceptors (Lipinski definition) is 3. The molecule has 0 amide bonds. The Labute approximate surface area is 97.7 Å². The zero-order valence-corrected chi connectivity index (χ0v) is 10.7. The molecule has 2 rings (SSSR count). The van der Waals surface area contributed by atoms with Crippen LogP contribution in [0.3, 0.4) is 0 Å². The Balaban J connectivity index is 2.41. The molecule has 0 saturated heterocycles. The van der Waals surface area contributed by atoms with E-state index in [-0.39, 0.29) is 0 Å². The van der Waals surface area contributed by atoms with Crippen molar-refractivity contribution in [3.05, 3.63) is 17.1 Å². The number of nitrogens with zero attached hydrogens (tertiary/aromatic N) is 2. The topological polar surface area (TPSA) is 37.8 Å². The summed E-state index contributed by atoms with van der Waals surface area (Å²) in [5.41, 5.74) is 2.61. The van der Waals surface area contributed by atoms with Crippen molar-refractivity contribution < 1.29 is 0 Å². The van der Waals surface area contributed by atoms with Crippen LogP contribution in [0.2, 0.25) is 0 Å². The van der Waals surface area contributed by atoms with Gasteiger partial charge < -0.3 is 5.32 Å². The van der Waals surface area contributed by atoms with Gasteiger partial charge in [0, 0.05) is 23.2 Å². The number of anilines is 1. The quantitative estimate of drug-likeness (QED) is 0.849. The molecule has 0 unspecified atom stereocenters. The van der Waals surface area contributed by atoms with Crippen LogP contribution in [0.5, 0.6) is 0 Å². The fraction of sp³-hybridized carbons (Fsp3) is 0.692. The number of aromatic nitrogens is 2. The molecule has 0 bridgehead atoms. The van der Waals surface area contributed by atoms with Crippen molar-refractivity contribution in [3.8, 4) is 0 Å². The number of fused-ring (bicyclic) bond motifs is 1. The molecule has 0 spiro atoms. The average molecular weight is 219 g/mol. The highest BCUT2D eigenvalue weighted by Gasteiger charge is 2.20. The molecule has 0 aliphatic heterocycles. The third kappa shape index (κ3) is 2.18. The van der Waals surface area contributed by atoms with Gasteiger partial charge in [-0.1, -0.05) is 13.8 Å². The monoisotopic (exact) mass is 219 g/mol. The van der Waals surface area contributed by atoms with Gasteiger partial charge in [0.2, 0.25) is 0 Å². The van der Waals surface area contributed by atoms with Gasteiger partial charge >= 0.3 is 0 Å². The summed E-state index contributed by atoms with van der Waals surface area (Å²) < 4.78 is 0. The van der Waals surface area contributed by atoms with Gasteiger partial charge in [0.05, 0.1) is 0 Å². The number of rotatable bonds is 3. The molecule has 1 N–H and O–H groups in total. The standard InChI is InChI=1S/C13H21N3/c1-8(2)12-15-11-7-5-6-10(11)13(16-12)14-9(3)4/h8-9H,5-7H2,1-4H3,(H,14,15,16). The second-order valence-corrected chi connectivity index (χ2v) is 5.16. The van der Waals surface area contributed by atoms with E-state index in [0.29, 0.717) is 12.0 Å². The summed E-state index contributed by atoms with van der Waals surface area (Å²) in [5.74, 6) is 2.45. The molecule has 1 aliphatic carbocycles. The van der Waals surface area contributed by atoms with Gasteiger partial charge in [-0.3, -0.25) is 0 Å². The van der Waals surface area contributed by atoms with Gasteiger partial charge in [0.15, 0.2) is 0 Å². The highest BCUT2D eigenvalue weighted by Crippen LogP contribution is 2.28. The number of nitrogens with one attached hydrogen (secondary N) is 1. The van der Waals surface area contributed by atoms with Gasteiger partial charge in [-0.25, -0.2) is 9.97 Å². The average Bonchev–Trinajstić information content (AvgIpc) is 2.64. The van der Waals surface area contributed by atoms with Crippen molar-refractivity contribution in [3.63, 3.8) is 0 Å². The Bertz CT molecular complexity index is 383. The van der Waals surface area contributed by atoms with E-state index in [9.17, 15) is 0 Å². The van der Waals surface area contributed by atoms with Gasteiger partial charge in [0.1, 0.15) is 11.6 Å². The van der Waals surface area contributed by atoms with Crippen LogP contribution in [0, 0.1) is 0 Å². The Hall–Kier alpha value is -1.12. The lowest BCUT2D eigenvalue weighted by atomic mass is 10.1. The smallest absolute Gasteiger partial charge is 0.133 e. The Morgan fingerprint density at radius 3 is 2.44 bits per heavy atom. The lowest BCUT2D eigenvalue weighted by Crippen LogP contribution is -2.15. The van der Waals surface area contributed by atoms with E-state index in [2.05, 4.69) is 43.0 Å². The lowest BCUT2D eigenvalue weighted by Gasteiger charge is -2.15. The maximum atomic E-state index is 4.67. The largest absolute Gasteiger partial charge is 0.368 e. The van der Waals surface area contributed by atoms with Gasteiger partial charge in [-0.15, -0.1) is 0 Å². The zero-order valence-electron chi connectivity index (χ0n) is 10.7. The Kier molecular flexibility index (Phi) is 3.13. The van der Waals surface area contributed by atoms with Crippen molar-refractivity contribution in [1.29, 1.82) is 0 Å². The van der Waals surface area contributed by atoms with Crippen LogP contribution in [0.15, 0.2) is 0 Å².